The molecule has 7 heteroatoms. The number of rotatable bonds is 6. The molecule has 5 aromatic rings. The van der Waals surface area contributed by atoms with E-state index in [1.165, 1.54) is 14.7 Å². The summed E-state index contributed by atoms with van der Waals surface area (Å²) in [6, 6.07) is 24.9. The number of carbonyl (C=O) groups is 1. The molecule has 0 fully saturated rings. The van der Waals surface area contributed by atoms with Crippen molar-refractivity contribution < 1.29 is 9.21 Å². The number of hydrogen-bond acceptors (Lipinski definition) is 4. The van der Waals surface area contributed by atoms with Gasteiger partial charge in [0.05, 0.1) is 6.04 Å². The Morgan fingerprint density at radius 2 is 1.67 bits per heavy atom. The Labute approximate surface area is 206 Å². The second-order valence-electron chi connectivity index (χ2n) is 9.19. The van der Waals surface area contributed by atoms with Gasteiger partial charge in [-0.3, -0.25) is 18.7 Å². The zero-order valence-electron chi connectivity index (χ0n) is 19.6. The lowest BCUT2D eigenvalue weighted by Crippen LogP contribution is -2.43. The first-order chi connectivity index (χ1) is 17.6. The van der Waals surface area contributed by atoms with Crippen molar-refractivity contribution in [1.82, 2.24) is 14.5 Å². The number of benzene rings is 3. The maximum Gasteiger partial charge on any atom is 0.332 e. The van der Waals surface area contributed by atoms with Crippen LogP contribution in [-0.2, 0) is 30.7 Å². The van der Waals surface area contributed by atoms with Crippen LogP contribution in [0.5, 0.6) is 0 Å². The molecule has 1 atom stereocenters. The summed E-state index contributed by atoms with van der Waals surface area (Å²) in [5.74, 6) is -0.279. The second-order valence-corrected chi connectivity index (χ2v) is 9.19. The summed E-state index contributed by atoms with van der Waals surface area (Å²) < 4.78 is 8.46. The van der Waals surface area contributed by atoms with Crippen LogP contribution in [0.3, 0.4) is 0 Å². The first-order valence-electron chi connectivity index (χ1n) is 12.2. The Kier molecular flexibility index (Phi) is 5.52. The van der Waals surface area contributed by atoms with Crippen molar-refractivity contribution in [3.8, 4) is 0 Å². The van der Waals surface area contributed by atoms with Gasteiger partial charge in [-0.05, 0) is 48.1 Å². The van der Waals surface area contributed by atoms with Gasteiger partial charge in [0.1, 0.15) is 17.6 Å². The average molecular weight is 480 g/mol. The lowest BCUT2D eigenvalue weighted by atomic mass is 10.1. The number of furan rings is 1. The van der Waals surface area contributed by atoms with E-state index in [0.29, 0.717) is 22.9 Å². The smallest absolute Gasteiger partial charge is 0.332 e. The van der Waals surface area contributed by atoms with E-state index in [0.717, 1.165) is 24.0 Å². The summed E-state index contributed by atoms with van der Waals surface area (Å²) in [7, 11) is 0. The molecule has 1 amide bonds. The van der Waals surface area contributed by atoms with E-state index in [9.17, 15) is 14.4 Å². The van der Waals surface area contributed by atoms with Gasteiger partial charge in [0.25, 0.3) is 5.56 Å². The lowest BCUT2D eigenvalue weighted by Gasteiger charge is -2.16. The number of nitrogens with zero attached hydrogens (tertiary/aromatic N) is 2. The van der Waals surface area contributed by atoms with Crippen LogP contribution in [0.15, 0.2) is 92.9 Å². The minimum Gasteiger partial charge on any atom is -0.449 e. The lowest BCUT2D eigenvalue weighted by molar-refractivity contribution is -0.122. The second kappa shape index (κ2) is 9.00. The van der Waals surface area contributed by atoms with Gasteiger partial charge in [-0.2, -0.15) is 0 Å². The highest BCUT2D eigenvalue weighted by molar-refractivity contribution is 6.02. The zero-order valence-corrected chi connectivity index (χ0v) is 19.6. The van der Waals surface area contributed by atoms with E-state index in [1.807, 2.05) is 60.7 Å². The first-order valence-corrected chi connectivity index (χ1v) is 12.2. The molecule has 180 valence electrons. The molecular weight excluding hydrogens is 454 g/mol. The third kappa shape index (κ3) is 3.82. The largest absolute Gasteiger partial charge is 0.449 e. The number of amides is 1. The monoisotopic (exact) mass is 479 g/mol. The van der Waals surface area contributed by atoms with Crippen LogP contribution < -0.4 is 16.6 Å². The number of nitrogens with one attached hydrogen (secondary N) is 1. The summed E-state index contributed by atoms with van der Waals surface area (Å²) in [4.78, 5) is 40.2. The average Bonchev–Trinajstić information content (AvgIpc) is 3.49. The molecule has 0 spiro atoms. The highest BCUT2D eigenvalue weighted by atomic mass is 16.3. The fraction of sp³-hybridized carbons (Fsp3) is 0.207. The summed E-state index contributed by atoms with van der Waals surface area (Å²) in [6.07, 6.45) is 2.23. The number of hydrogen-bond donors (Lipinski definition) is 1. The fourth-order valence-electron chi connectivity index (χ4n) is 5.22. The van der Waals surface area contributed by atoms with Crippen molar-refractivity contribution in [1.29, 1.82) is 0 Å². The predicted octanol–water partition coefficient (Wildman–Crippen LogP) is 3.96. The number of aryl methyl sites for hydroxylation is 2. The Hall–Kier alpha value is -4.39. The SMILES string of the molecule is O=C(Cn1c(=O)n(CCc2ccccc2)c(=O)c2oc3ccccc3c21)N[C@@H]1CCc2ccccc21. The summed E-state index contributed by atoms with van der Waals surface area (Å²) >= 11 is 0. The van der Waals surface area contributed by atoms with Crippen molar-refractivity contribution >= 4 is 28.0 Å². The fourth-order valence-corrected chi connectivity index (χ4v) is 5.22. The number of fused-ring (bicyclic) bond motifs is 4. The van der Waals surface area contributed by atoms with E-state index < -0.39 is 11.2 Å². The Morgan fingerprint density at radius 3 is 2.53 bits per heavy atom. The van der Waals surface area contributed by atoms with Crippen LogP contribution in [0.1, 0.15) is 29.2 Å². The molecular formula is C29H25N3O4. The van der Waals surface area contributed by atoms with Crippen molar-refractivity contribution in [3.63, 3.8) is 0 Å². The van der Waals surface area contributed by atoms with Gasteiger partial charge in [0, 0.05) is 11.9 Å². The Bertz CT molecular complexity index is 1710. The van der Waals surface area contributed by atoms with E-state index in [4.69, 9.17) is 4.42 Å². The molecule has 0 radical (unpaired) electrons. The topological polar surface area (TPSA) is 86.2 Å². The van der Waals surface area contributed by atoms with Gasteiger partial charge in [-0.25, -0.2) is 4.79 Å². The van der Waals surface area contributed by atoms with Crippen LogP contribution in [0.2, 0.25) is 0 Å². The normalized spacial score (nSPS) is 14.8. The van der Waals surface area contributed by atoms with Crippen LogP contribution in [0.4, 0.5) is 0 Å². The van der Waals surface area contributed by atoms with Crippen molar-refractivity contribution in [2.24, 2.45) is 0 Å². The van der Waals surface area contributed by atoms with Gasteiger partial charge in [-0.15, -0.1) is 0 Å². The molecule has 1 aliphatic rings. The van der Waals surface area contributed by atoms with E-state index in [2.05, 4.69) is 11.4 Å². The number of aromatic nitrogens is 2. The molecule has 0 unspecified atom stereocenters. The Morgan fingerprint density at radius 1 is 0.917 bits per heavy atom. The minimum absolute atomic E-state index is 0.0860. The molecule has 1 aliphatic carbocycles. The molecule has 0 bridgehead atoms. The van der Waals surface area contributed by atoms with Crippen molar-refractivity contribution in [2.45, 2.75) is 38.4 Å². The third-order valence-electron chi connectivity index (χ3n) is 6.98. The molecule has 7 nitrogen and oxygen atoms in total. The molecule has 0 saturated heterocycles. The molecule has 3 aromatic carbocycles. The number of carbonyl (C=O) groups excluding carboxylic acids is 1. The summed E-state index contributed by atoms with van der Waals surface area (Å²) in [6.45, 7) is -0.0184. The molecule has 0 aliphatic heterocycles. The minimum atomic E-state index is -0.517. The van der Waals surface area contributed by atoms with E-state index in [-0.39, 0.29) is 30.6 Å². The highest BCUT2D eigenvalue weighted by Gasteiger charge is 2.25. The van der Waals surface area contributed by atoms with Gasteiger partial charge in [0.15, 0.2) is 0 Å². The van der Waals surface area contributed by atoms with Crippen LogP contribution in [-0.4, -0.2) is 15.0 Å². The molecule has 2 aromatic heterocycles. The molecule has 6 rings (SSSR count). The third-order valence-corrected chi connectivity index (χ3v) is 6.98. The van der Waals surface area contributed by atoms with Gasteiger partial charge < -0.3 is 9.73 Å². The van der Waals surface area contributed by atoms with Gasteiger partial charge >= 0.3 is 5.69 Å². The zero-order chi connectivity index (χ0) is 24.6. The molecule has 2 heterocycles. The molecule has 36 heavy (non-hydrogen) atoms. The van der Waals surface area contributed by atoms with Crippen LogP contribution in [0, 0.1) is 0 Å². The number of para-hydroxylation sites is 1. The quantitative estimate of drug-likeness (QED) is 0.400. The highest BCUT2D eigenvalue weighted by Crippen LogP contribution is 2.31. The van der Waals surface area contributed by atoms with Crippen molar-refractivity contribution in [2.75, 3.05) is 0 Å². The maximum absolute atomic E-state index is 13.6. The van der Waals surface area contributed by atoms with Gasteiger partial charge in [0.2, 0.25) is 11.5 Å². The summed E-state index contributed by atoms with van der Waals surface area (Å²) in [5.41, 5.74) is 3.31. The van der Waals surface area contributed by atoms with Gasteiger partial charge in [-0.1, -0.05) is 66.7 Å². The standard InChI is InChI=1S/C29H25N3O4/c33-25(30-23-15-14-20-10-4-5-11-21(20)23)18-32-26-22-12-6-7-13-24(22)36-27(26)28(34)31(29(32)35)17-16-19-8-2-1-3-9-19/h1-13,23H,14-18H2,(H,30,33)/t23-/m1/s1. The maximum atomic E-state index is 13.6. The van der Waals surface area contributed by atoms with E-state index >= 15 is 0 Å². The van der Waals surface area contributed by atoms with Crippen LogP contribution in [0.25, 0.3) is 22.1 Å². The van der Waals surface area contributed by atoms with E-state index in [1.54, 1.807) is 12.1 Å². The van der Waals surface area contributed by atoms with Crippen molar-refractivity contribution in [3.05, 3.63) is 116 Å². The Balaban J connectivity index is 1.40. The summed E-state index contributed by atoms with van der Waals surface area (Å²) in [5, 5.41) is 3.73. The molecule has 0 saturated carbocycles. The first kappa shape index (κ1) is 22.1. The predicted molar refractivity (Wildman–Crippen MR) is 138 cm³/mol. The molecule has 1 N–H and O–H groups in total. The van der Waals surface area contributed by atoms with Crippen LogP contribution >= 0.6 is 0 Å².